The number of nitrogens with zero attached hydrogens (tertiary/aromatic N) is 2. The van der Waals surface area contributed by atoms with Crippen LogP contribution in [0, 0.1) is 5.41 Å². The van der Waals surface area contributed by atoms with Crippen LogP contribution in [0.25, 0.3) is 0 Å². The Kier molecular flexibility index (Phi) is 4.27. The molecule has 0 N–H and O–H groups in total. The van der Waals surface area contributed by atoms with E-state index in [2.05, 4.69) is 11.1 Å². The van der Waals surface area contributed by atoms with Crippen LogP contribution in [0.4, 0.5) is 0 Å². The minimum absolute atomic E-state index is 0.0943. The highest BCUT2D eigenvalue weighted by Gasteiger charge is 2.49. The van der Waals surface area contributed by atoms with E-state index in [4.69, 9.17) is 9.47 Å². The molecule has 2 aliphatic heterocycles. The molecule has 5 nitrogen and oxygen atoms in total. The lowest BCUT2D eigenvalue weighted by Gasteiger charge is -2.43. The second-order valence-corrected chi connectivity index (χ2v) is 7.09. The van der Waals surface area contributed by atoms with Crippen LogP contribution < -0.4 is 4.74 Å². The highest BCUT2D eigenvalue weighted by atomic mass is 16.5. The highest BCUT2D eigenvalue weighted by molar-refractivity contribution is 5.93. The van der Waals surface area contributed by atoms with Crippen molar-refractivity contribution >= 4 is 5.91 Å². The number of amides is 1. The van der Waals surface area contributed by atoms with Crippen LogP contribution in [-0.2, 0) is 9.53 Å². The smallest absolute Gasteiger partial charge is 0.249 e. The Bertz CT molecular complexity index is 631. The molecule has 2 atom stereocenters. The van der Waals surface area contributed by atoms with Crippen molar-refractivity contribution in [2.24, 2.45) is 5.41 Å². The van der Waals surface area contributed by atoms with E-state index in [0.29, 0.717) is 6.61 Å². The molecule has 0 saturated carbocycles. The number of hydrogen-bond donors (Lipinski definition) is 0. The molecule has 0 bridgehead atoms. The Morgan fingerprint density at radius 3 is 3.25 bits per heavy atom. The van der Waals surface area contributed by atoms with Gasteiger partial charge in [0.1, 0.15) is 5.75 Å². The van der Waals surface area contributed by atoms with Crippen LogP contribution in [-0.4, -0.2) is 48.2 Å². The van der Waals surface area contributed by atoms with Gasteiger partial charge < -0.3 is 14.4 Å². The van der Waals surface area contributed by atoms with E-state index < -0.39 is 0 Å². The van der Waals surface area contributed by atoms with Crippen molar-refractivity contribution in [3.05, 3.63) is 36.2 Å². The van der Waals surface area contributed by atoms with Gasteiger partial charge in [-0.1, -0.05) is 6.08 Å². The predicted molar refractivity (Wildman–Crippen MR) is 89.7 cm³/mol. The number of likely N-dealkylation sites (tertiary alicyclic amines) is 1. The lowest BCUT2D eigenvalue weighted by atomic mass is 9.77. The van der Waals surface area contributed by atoms with E-state index in [0.717, 1.165) is 63.1 Å². The summed E-state index contributed by atoms with van der Waals surface area (Å²) >= 11 is 0. The molecular weight excluding hydrogens is 304 g/mol. The van der Waals surface area contributed by atoms with E-state index in [1.807, 2.05) is 17.0 Å². The number of carbonyl (C=O) groups excluding carboxylic acids is 1. The molecule has 0 radical (unpaired) electrons. The normalized spacial score (nSPS) is 29.2. The number of carbonyl (C=O) groups is 1. The fourth-order valence-electron chi connectivity index (χ4n) is 4.16. The molecule has 3 heterocycles. The molecule has 0 spiro atoms. The third-order valence-electron chi connectivity index (χ3n) is 5.53. The average Bonchev–Trinajstić information content (AvgIpc) is 3.29. The summed E-state index contributed by atoms with van der Waals surface area (Å²) in [5.74, 6) is 0.998. The molecule has 1 aromatic rings. The summed E-state index contributed by atoms with van der Waals surface area (Å²) in [4.78, 5) is 18.9. The standard InChI is InChI=1S/C19H24N2O3/c22-18(15-4-1-2-5-15)21-10-7-17-19(13-21,8-11-23-17)14-24-16-6-3-9-20-12-16/h3-4,6,9,12,17H,1-2,5,7-8,10-11,13-14H2/t17-,19+/m0/s1. The Balaban J connectivity index is 1.47. The van der Waals surface area contributed by atoms with Gasteiger partial charge in [0.25, 0.3) is 0 Å². The molecule has 0 unspecified atom stereocenters. The highest BCUT2D eigenvalue weighted by Crippen LogP contribution is 2.41. The first-order valence-corrected chi connectivity index (χ1v) is 8.90. The first-order valence-electron chi connectivity index (χ1n) is 8.90. The molecule has 1 aliphatic carbocycles. The van der Waals surface area contributed by atoms with Crippen LogP contribution in [0.1, 0.15) is 32.1 Å². The number of aromatic nitrogens is 1. The number of hydrogen-bond acceptors (Lipinski definition) is 4. The average molecular weight is 328 g/mol. The summed E-state index contributed by atoms with van der Waals surface area (Å²) in [5, 5.41) is 0. The monoisotopic (exact) mass is 328 g/mol. The van der Waals surface area contributed by atoms with E-state index in [9.17, 15) is 4.79 Å². The zero-order valence-electron chi connectivity index (χ0n) is 13.9. The van der Waals surface area contributed by atoms with Crippen LogP contribution in [0.2, 0.25) is 0 Å². The zero-order chi connectivity index (χ0) is 16.4. The summed E-state index contributed by atoms with van der Waals surface area (Å²) in [5.41, 5.74) is 0.902. The number of pyridine rings is 1. The van der Waals surface area contributed by atoms with Gasteiger partial charge >= 0.3 is 0 Å². The van der Waals surface area contributed by atoms with Crippen LogP contribution in [0.15, 0.2) is 36.2 Å². The molecule has 2 saturated heterocycles. The SMILES string of the molecule is O=C(C1=CCCC1)N1CC[C@@H]2OCC[C@]2(COc2cccnc2)C1. The lowest BCUT2D eigenvalue weighted by molar-refractivity contribution is -0.134. The predicted octanol–water partition coefficient (Wildman–Crippen LogP) is 2.58. The molecule has 5 heteroatoms. The summed E-state index contributed by atoms with van der Waals surface area (Å²) in [6.07, 6.45) is 10.7. The van der Waals surface area contributed by atoms with E-state index in [1.165, 1.54) is 0 Å². The van der Waals surface area contributed by atoms with E-state index in [1.54, 1.807) is 12.4 Å². The van der Waals surface area contributed by atoms with Gasteiger partial charge in [-0.3, -0.25) is 9.78 Å². The molecule has 1 amide bonds. The molecule has 4 rings (SSSR count). The maximum absolute atomic E-state index is 12.8. The molecular formula is C19H24N2O3. The fourth-order valence-corrected chi connectivity index (χ4v) is 4.16. The fraction of sp³-hybridized carbons (Fsp3) is 0.579. The third-order valence-corrected chi connectivity index (χ3v) is 5.53. The zero-order valence-corrected chi connectivity index (χ0v) is 13.9. The number of allylic oxidation sites excluding steroid dienone is 1. The Morgan fingerprint density at radius 1 is 1.50 bits per heavy atom. The summed E-state index contributed by atoms with van der Waals surface area (Å²) < 4.78 is 12.0. The van der Waals surface area contributed by atoms with Crippen molar-refractivity contribution in [1.29, 1.82) is 0 Å². The topological polar surface area (TPSA) is 51.7 Å². The van der Waals surface area contributed by atoms with Crippen molar-refractivity contribution in [3.8, 4) is 5.75 Å². The number of fused-ring (bicyclic) bond motifs is 1. The summed E-state index contributed by atoms with van der Waals surface area (Å²) in [6, 6.07) is 3.79. The largest absolute Gasteiger partial charge is 0.491 e. The minimum atomic E-state index is -0.0943. The minimum Gasteiger partial charge on any atom is -0.491 e. The summed E-state index contributed by atoms with van der Waals surface area (Å²) in [6.45, 7) is 2.85. The Labute approximate surface area is 142 Å². The van der Waals surface area contributed by atoms with Gasteiger partial charge in [-0.05, 0) is 44.2 Å². The Hall–Kier alpha value is -1.88. The second kappa shape index (κ2) is 6.55. The van der Waals surface area contributed by atoms with Gasteiger partial charge in [-0.25, -0.2) is 0 Å². The van der Waals surface area contributed by atoms with E-state index in [-0.39, 0.29) is 17.4 Å². The maximum atomic E-state index is 12.8. The third kappa shape index (κ3) is 2.93. The number of ether oxygens (including phenoxy) is 2. The van der Waals surface area contributed by atoms with Gasteiger partial charge in [0.2, 0.25) is 5.91 Å². The summed E-state index contributed by atoms with van der Waals surface area (Å²) in [7, 11) is 0. The van der Waals surface area contributed by atoms with E-state index >= 15 is 0 Å². The van der Waals surface area contributed by atoms with Crippen molar-refractivity contribution in [2.45, 2.75) is 38.2 Å². The maximum Gasteiger partial charge on any atom is 0.249 e. The molecule has 2 fully saturated rings. The first-order chi connectivity index (χ1) is 11.8. The van der Waals surface area contributed by atoms with Gasteiger partial charge in [-0.2, -0.15) is 0 Å². The van der Waals surface area contributed by atoms with Gasteiger partial charge in [0.15, 0.2) is 0 Å². The van der Waals surface area contributed by atoms with Crippen molar-refractivity contribution in [2.75, 3.05) is 26.3 Å². The molecule has 1 aromatic heterocycles. The van der Waals surface area contributed by atoms with Gasteiger partial charge in [0.05, 0.1) is 24.3 Å². The number of piperidine rings is 1. The molecule has 128 valence electrons. The van der Waals surface area contributed by atoms with Crippen LogP contribution in [0.3, 0.4) is 0 Å². The second-order valence-electron chi connectivity index (χ2n) is 7.09. The van der Waals surface area contributed by atoms with Crippen LogP contribution in [0.5, 0.6) is 5.75 Å². The van der Waals surface area contributed by atoms with Crippen molar-refractivity contribution < 1.29 is 14.3 Å². The van der Waals surface area contributed by atoms with Crippen molar-refractivity contribution in [3.63, 3.8) is 0 Å². The van der Waals surface area contributed by atoms with Gasteiger partial charge in [0, 0.05) is 31.5 Å². The lowest BCUT2D eigenvalue weighted by Crippen LogP contribution is -2.54. The first kappa shape index (κ1) is 15.6. The van der Waals surface area contributed by atoms with Crippen LogP contribution >= 0.6 is 0 Å². The number of rotatable bonds is 4. The van der Waals surface area contributed by atoms with Gasteiger partial charge in [-0.15, -0.1) is 0 Å². The molecule has 3 aliphatic rings. The Morgan fingerprint density at radius 2 is 2.46 bits per heavy atom. The van der Waals surface area contributed by atoms with Crippen molar-refractivity contribution in [1.82, 2.24) is 9.88 Å². The quantitative estimate of drug-likeness (QED) is 0.852. The molecule has 24 heavy (non-hydrogen) atoms. The molecule has 0 aromatic carbocycles.